The molecule has 3 aliphatic rings. The fourth-order valence-corrected chi connectivity index (χ4v) is 4.99. The third-order valence-electron chi connectivity index (χ3n) is 6.18. The van der Waals surface area contributed by atoms with Crippen molar-refractivity contribution in [3.05, 3.63) is 36.1 Å². The number of para-hydroxylation sites is 1. The zero-order chi connectivity index (χ0) is 17.5. The highest BCUT2D eigenvalue weighted by Crippen LogP contribution is 2.47. The van der Waals surface area contributed by atoms with E-state index in [1.165, 1.54) is 18.2 Å². The number of halogens is 1. The Morgan fingerprint density at radius 3 is 2.63 bits per heavy atom. The van der Waals surface area contributed by atoms with Crippen LogP contribution in [0.4, 0.5) is 0 Å². The van der Waals surface area contributed by atoms with E-state index in [9.17, 15) is 0 Å². The molecule has 27 heavy (non-hydrogen) atoms. The Labute approximate surface area is 177 Å². The van der Waals surface area contributed by atoms with E-state index >= 15 is 0 Å². The number of aliphatic imine (C=N–C) groups is 1. The molecule has 0 radical (unpaired) electrons. The number of hydrogen-bond acceptors (Lipinski definition) is 3. The maximum Gasteiger partial charge on any atom is 0.193 e. The predicted molar refractivity (Wildman–Crippen MR) is 118 cm³/mol. The Bertz CT molecular complexity index is 770. The van der Waals surface area contributed by atoms with Crippen LogP contribution in [0, 0.1) is 11.8 Å². The fourth-order valence-electron chi connectivity index (χ4n) is 4.99. The molecule has 2 aromatic rings. The summed E-state index contributed by atoms with van der Waals surface area (Å²) >= 11 is 0. The second kappa shape index (κ2) is 7.99. The van der Waals surface area contributed by atoms with Crippen molar-refractivity contribution in [2.45, 2.75) is 38.4 Å². The largest absolute Gasteiger partial charge is 0.461 e. The van der Waals surface area contributed by atoms with Gasteiger partial charge in [0.25, 0.3) is 0 Å². The summed E-state index contributed by atoms with van der Waals surface area (Å²) in [5.74, 6) is 3.47. The summed E-state index contributed by atoms with van der Waals surface area (Å²) in [6, 6.07) is 10.3. The Kier molecular flexibility index (Phi) is 5.64. The zero-order valence-corrected chi connectivity index (χ0v) is 18.1. The van der Waals surface area contributed by atoms with Crippen LogP contribution in [0.2, 0.25) is 0 Å². The predicted octanol–water partition coefficient (Wildman–Crippen LogP) is 3.67. The Morgan fingerprint density at radius 1 is 1.19 bits per heavy atom. The molecule has 1 N–H and O–H groups in total. The summed E-state index contributed by atoms with van der Waals surface area (Å²) in [6.07, 6.45) is 4.32. The van der Waals surface area contributed by atoms with Crippen molar-refractivity contribution in [2.24, 2.45) is 16.8 Å². The summed E-state index contributed by atoms with van der Waals surface area (Å²) in [5.41, 5.74) is 0.959. The fraction of sp³-hybridized carbons (Fsp3) is 0.571. The number of fused-ring (bicyclic) bond motifs is 6. The van der Waals surface area contributed by atoms with Gasteiger partial charge < -0.3 is 19.4 Å². The molecule has 4 atom stereocenters. The first kappa shape index (κ1) is 19.1. The molecule has 4 unspecified atom stereocenters. The topological polar surface area (TPSA) is 50.0 Å². The second-order valence-electron chi connectivity index (χ2n) is 7.76. The van der Waals surface area contributed by atoms with Crippen LogP contribution in [0.25, 0.3) is 11.0 Å². The molecule has 146 valence electrons. The van der Waals surface area contributed by atoms with Gasteiger partial charge in [-0.1, -0.05) is 18.2 Å². The second-order valence-corrected chi connectivity index (χ2v) is 7.76. The highest BCUT2D eigenvalue weighted by atomic mass is 127. The van der Waals surface area contributed by atoms with Crippen LogP contribution in [-0.2, 0) is 11.2 Å². The van der Waals surface area contributed by atoms with Gasteiger partial charge >= 0.3 is 0 Å². The average molecular weight is 481 g/mol. The van der Waals surface area contributed by atoms with E-state index in [1.54, 1.807) is 0 Å². The van der Waals surface area contributed by atoms with Crippen molar-refractivity contribution in [1.82, 2.24) is 10.2 Å². The van der Waals surface area contributed by atoms with Gasteiger partial charge in [-0.15, -0.1) is 24.0 Å². The zero-order valence-electron chi connectivity index (χ0n) is 15.8. The summed E-state index contributed by atoms with van der Waals surface area (Å²) in [5, 5.41) is 4.65. The van der Waals surface area contributed by atoms with E-state index in [0.717, 1.165) is 49.9 Å². The SMILES string of the molecule is CCNC(=NCCc1cc2ccccc2o1)N1CC2C3CCC(O3)C2C1.I. The maximum absolute atomic E-state index is 6.10. The third kappa shape index (κ3) is 3.58. The third-order valence-corrected chi connectivity index (χ3v) is 6.18. The van der Waals surface area contributed by atoms with E-state index in [-0.39, 0.29) is 24.0 Å². The molecule has 0 amide bonds. The number of guanidine groups is 1. The quantitative estimate of drug-likeness (QED) is 0.412. The Balaban J connectivity index is 0.00000180. The molecule has 1 aromatic carbocycles. The molecule has 1 aromatic heterocycles. The monoisotopic (exact) mass is 481 g/mol. The molecule has 0 saturated carbocycles. The van der Waals surface area contributed by atoms with Gasteiger partial charge in [0.2, 0.25) is 0 Å². The first-order chi connectivity index (χ1) is 12.8. The molecule has 3 aliphatic heterocycles. The molecule has 4 heterocycles. The van der Waals surface area contributed by atoms with Crippen LogP contribution in [0.1, 0.15) is 25.5 Å². The molecule has 0 aliphatic carbocycles. The van der Waals surface area contributed by atoms with Crippen molar-refractivity contribution < 1.29 is 9.15 Å². The first-order valence-corrected chi connectivity index (χ1v) is 9.98. The van der Waals surface area contributed by atoms with Gasteiger partial charge in [0.15, 0.2) is 5.96 Å². The Morgan fingerprint density at radius 2 is 1.93 bits per heavy atom. The average Bonchev–Trinajstić information content (AvgIpc) is 3.40. The number of ether oxygens (including phenoxy) is 1. The molecule has 5 nitrogen and oxygen atoms in total. The van der Waals surface area contributed by atoms with E-state index in [4.69, 9.17) is 14.1 Å². The minimum Gasteiger partial charge on any atom is -0.461 e. The van der Waals surface area contributed by atoms with Crippen LogP contribution in [0.3, 0.4) is 0 Å². The van der Waals surface area contributed by atoms with Gasteiger partial charge in [0, 0.05) is 49.8 Å². The minimum atomic E-state index is 0. The molecule has 3 saturated heterocycles. The van der Waals surface area contributed by atoms with Crippen molar-refractivity contribution in [3.8, 4) is 0 Å². The number of furan rings is 1. The minimum absolute atomic E-state index is 0. The summed E-state index contributed by atoms with van der Waals surface area (Å²) < 4.78 is 12.0. The van der Waals surface area contributed by atoms with Crippen LogP contribution in [0.5, 0.6) is 0 Å². The lowest BCUT2D eigenvalue weighted by atomic mass is 9.82. The van der Waals surface area contributed by atoms with E-state index in [0.29, 0.717) is 24.0 Å². The summed E-state index contributed by atoms with van der Waals surface area (Å²) in [4.78, 5) is 7.34. The van der Waals surface area contributed by atoms with Crippen LogP contribution in [0.15, 0.2) is 39.7 Å². The Hall–Kier alpha value is -1.28. The van der Waals surface area contributed by atoms with E-state index in [1.807, 2.05) is 18.2 Å². The highest BCUT2D eigenvalue weighted by molar-refractivity contribution is 14.0. The van der Waals surface area contributed by atoms with Gasteiger partial charge in [-0.3, -0.25) is 4.99 Å². The van der Waals surface area contributed by atoms with Crippen molar-refractivity contribution in [3.63, 3.8) is 0 Å². The van der Waals surface area contributed by atoms with Crippen molar-refractivity contribution in [1.29, 1.82) is 0 Å². The lowest BCUT2D eigenvalue weighted by molar-refractivity contribution is 0.0767. The number of rotatable bonds is 4. The molecule has 0 spiro atoms. The van der Waals surface area contributed by atoms with Crippen LogP contribution >= 0.6 is 24.0 Å². The standard InChI is InChI=1S/C21H27N3O2.HI/c1-2-22-21(24-12-16-17(13-24)20-8-7-19(16)26-20)23-10-9-15-11-14-5-3-4-6-18(14)25-15;/h3-6,11,16-17,19-20H,2,7-10,12-13H2,1H3,(H,22,23);1H. The van der Waals surface area contributed by atoms with E-state index in [2.05, 4.69) is 29.3 Å². The van der Waals surface area contributed by atoms with Gasteiger partial charge in [-0.25, -0.2) is 0 Å². The smallest absolute Gasteiger partial charge is 0.193 e. The number of nitrogens with zero attached hydrogens (tertiary/aromatic N) is 2. The molecular formula is C21H28IN3O2. The highest BCUT2D eigenvalue weighted by Gasteiger charge is 2.53. The normalized spacial score (nSPS) is 29.2. The van der Waals surface area contributed by atoms with Gasteiger partial charge in [0.1, 0.15) is 11.3 Å². The summed E-state index contributed by atoms with van der Waals surface area (Å²) in [6.45, 7) is 5.96. The lowest BCUT2D eigenvalue weighted by Crippen LogP contribution is -2.41. The molecular weight excluding hydrogens is 453 g/mol. The summed E-state index contributed by atoms with van der Waals surface area (Å²) in [7, 11) is 0. The van der Waals surface area contributed by atoms with Gasteiger partial charge in [0.05, 0.1) is 12.2 Å². The van der Waals surface area contributed by atoms with Gasteiger partial charge in [-0.2, -0.15) is 0 Å². The first-order valence-electron chi connectivity index (χ1n) is 9.98. The molecule has 3 fully saturated rings. The molecule has 6 heteroatoms. The van der Waals surface area contributed by atoms with Crippen LogP contribution < -0.4 is 5.32 Å². The maximum atomic E-state index is 6.10. The van der Waals surface area contributed by atoms with E-state index < -0.39 is 0 Å². The van der Waals surface area contributed by atoms with Crippen molar-refractivity contribution >= 4 is 40.9 Å². The number of likely N-dealkylation sites (tertiary alicyclic amines) is 1. The van der Waals surface area contributed by atoms with Crippen molar-refractivity contribution in [2.75, 3.05) is 26.2 Å². The van der Waals surface area contributed by atoms with Gasteiger partial charge in [-0.05, 0) is 31.9 Å². The molecule has 5 rings (SSSR count). The lowest BCUT2D eigenvalue weighted by Gasteiger charge is -2.23. The van der Waals surface area contributed by atoms with Crippen LogP contribution in [-0.4, -0.2) is 49.2 Å². The number of nitrogens with one attached hydrogen (secondary N) is 1. The number of benzene rings is 1. The number of hydrogen-bond donors (Lipinski definition) is 1. The molecule has 2 bridgehead atoms.